The highest BCUT2D eigenvalue weighted by atomic mass is 19.4. The van der Waals surface area contributed by atoms with E-state index in [0.29, 0.717) is 24.9 Å². The van der Waals surface area contributed by atoms with E-state index in [1.54, 1.807) is 7.05 Å². The minimum atomic E-state index is -4.32. The molecular weight excluding hydrogens is 283 g/mol. The van der Waals surface area contributed by atoms with E-state index < -0.39 is 11.7 Å². The number of guanidine groups is 1. The Labute approximate surface area is 122 Å². The van der Waals surface area contributed by atoms with Crippen molar-refractivity contribution in [1.82, 2.24) is 10.6 Å². The summed E-state index contributed by atoms with van der Waals surface area (Å²) in [5, 5.41) is 6.15. The molecule has 2 N–H and O–H groups in total. The molecule has 0 aromatic heterocycles. The Hall–Kier alpha value is -1.92. The van der Waals surface area contributed by atoms with Crippen LogP contribution in [0, 0.1) is 0 Å². The van der Waals surface area contributed by atoms with Crippen LogP contribution >= 0.6 is 0 Å². The average Bonchev–Trinajstić information content (AvgIpc) is 2.41. The smallest absolute Gasteiger partial charge is 0.416 e. The fourth-order valence-corrected chi connectivity index (χ4v) is 1.55. The zero-order valence-corrected chi connectivity index (χ0v) is 12.3. The summed E-state index contributed by atoms with van der Waals surface area (Å²) in [5.74, 6) is 1.05. The second kappa shape index (κ2) is 7.75. The molecule has 0 spiro atoms. The van der Waals surface area contributed by atoms with E-state index in [1.165, 1.54) is 12.1 Å². The van der Waals surface area contributed by atoms with Crippen LogP contribution in [-0.2, 0) is 6.18 Å². The van der Waals surface area contributed by atoms with Crippen LogP contribution in [0.25, 0.3) is 0 Å². The van der Waals surface area contributed by atoms with E-state index in [4.69, 9.17) is 4.74 Å². The number of aliphatic imine (C=N–C) groups is 1. The van der Waals surface area contributed by atoms with Crippen molar-refractivity contribution in [2.75, 3.05) is 20.2 Å². The summed E-state index contributed by atoms with van der Waals surface area (Å²) < 4.78 is 42.5. The van der Waals surface area contributed by atoms with Crippen LogP contribution in [0.15, 0.2) is 29.3 Å². The molecule has 1 rings (SSSR count). The summed E-state index contributed by atoms with van der Waals surface area (Å²) in [6.07, 6.45) is -4.32. The number of hydrogen-bond donors (Lipinski definition) is 2. The molecular formula is C14H20F3N3O. The van der Waals surface area contributed by atoms with Gasteiger partial charge in [0.15, 0.2) is 5.96 Å². The molecule has 0 amide bonds. The lowest BCUT2D eigenvalue weighted by atomic mass is 10.2. The van der Waals surface area contributed by atoms with Crippen molar-refractivity contribution in [3.05, 3.63) is 29.8 Å². The Bertz CT molecular complexity index is 456. The molecule has 4 nitrogen and oxygen atoms in total. The number of halogens is 3. The second-order valence-corrected chi connectivity index (χ2v) is 4.67. The Morgan fingerprint density at radius 1 is 1.24 bits per heavy atom. The van der Waals surface area contributed by atoms with Crippen LogP contribution < -0.4 is 15.4 Å². The largest absolute Gasteiger partial charge is 0.492 e. The molecule has 0 saturated carbocycles. The number of nitrogens with one attached hydrogen (secondary N) is 2. The zero-order chi connectivity index (χ0) is 15.9. The first-order valence-corrected chi connectivity index (χ1v) is 6.60. The topological polar surface area (TPSA) is 45.7 Å². The second-order valence-electron chi connectivity index (χ2n) is 4.67. The van der Waals surface area contributed by atoms with E-state index in [0.717, 1.165) is 12.1 Å². The lowest BCUT2D eigenvalue weighted by Crippen LogP contribution is -2.42. The molecule has 0 aliphatic heterocycles. The number of hydrogen-bond acceptors (Lipinski definition) is 2. The number of benzene rings is 1. The Morgan fingerprint density at radius 2 is 1.86 bits per heavy atom. The molecule has 0 fully saturated rings. The zero-order valence-electron chi connectivity index (χ0n) is 12.3. The van der Waals surface area contributed by atoms with Gasteiger partial charge < -0.3 is 15.4 Å². The van der Waals surface area contributed by atoms with E-state index in [2.05, 4.69) is 15.6 Å². The van der Waals surface area contributed by atoms with Gasteiger partial charge in [-0.2, -0.15) is 13.2 Å². The molecule has 0 heterocycles. The Balaban J connectivity index is 2.36. The van der Waals surface area contributed by atoms with Crippen molar-refractivity contribution in [2.45, 2.75) is 26.1 Å². The van der Waals surface area contributed by atoms with Gasteiger partial charge in [0.25, 0.3) is 0 Å². The quantitative estimate of drug-likeness (QED) is 0.499. The summed E-state index contributed by atoms with van der Waals surface area (Å²) >= 11 is 0. The number of alkyl halides is 3. The van der Waals surface area contributed by atoms with Crippen molar-refractivity contribution in [3.63, 3.8) is 0 Å². The lowest BCUT2D eigenvalue weighted by molar-refractivity contribution is -0.137. The third-order valence-electron chi connectivity index (χ3n) is 2.49. The third kappa shape index (κ3) is 6.37. The van der Waals surface area contributed by atoms with Crippen LogP contribution in [0.3, 0.4) is 0 Å². The van der Waals surface area contributed by atoms with Gasteiger partial charge in [0.05, 0.1) is 12.1 Å². The highest BCUT2D eigenvalue weighted by Gasteiger charge is 2.29. The molecule has 0 bridgehead atoms. The van der Waals surface area contributed by atoms with E-state index in [-0.39, 0.29) is 6.04 Å². The maximum Gasteiger partial charge on any atom is 0.416 e. The maximum absolute atomic E-state index is 12.4. The summed E-state index contributed by atoms with van der Waals surface area (Å²) in [6.45, 7) is 4.80. The third-order valence-corrected chi connectivity index (χ3v) is 2.49. The highest BCUT2D eigenvalue weighted by Crippen LogP contribution is 2.30. The molecule has 0 aliphatic carbocycles. The number of nitrogens with zero attached hydrogens (tertiary/aromatic N) is 1. The van der Waals surface area contributed by atoms with Crippen LogP contribution in [0.4, 0.5) is 13.2 Å². The van der Waals surface area contributed by atoms with Crippen molar-refractivity contribution in [3.8, 4) is 5.75 Å². The average molecular weight is 303 g/mol. The molecule has 118 valence electrons. The van der Waals surface area contributed by atoms with Crippen molar-refractivity contribution >= 4 is 5.96 Å². The molecule has 1 aromatic carbocycles. The van der Waals surface area contributed by atoms with Gasteiger partial charge in [0.1, 0.15) is 12.4 Å². The summed E-state index contributed by atoms with van der Waals surface area (Å²) in [4.78, 5) is 4.03. The van der Waals surface area contributed by atoms with Crippen molar-refractivity contribution in [1.29, 1.82) is 0 Å². The van der Waals surface area contributed by atoms with Gasteiger partial charge in [-0.15, -0.1) is 0 Å². The molecule has 21 heavy (non-hydrogen) atoms. The summed E-state index contributed by atoms with van der Waals surface area (Å²) in [5.41, 5.74) is -0.686. The Kier molecular flexibility index (Phi) is 6.33. The summed E-state index contributed by atoms with van der Waals surface area (Å²) in [6, 6.07) is 4.88. The van der Waals surface area contributed by atoms with E-state index in [1.807, 2.05) is 13.8 Å². The van der Waals surface area contributed by atoms with Gasteiger partial charge in [-0.05, 0) is 38.1 Å². The van der Waals surface area contributed by atoms with Crippen LogP contribution in [0.5, 0.6) is 5.75 Å². The molecule has 0 aliphatic rings. The monoisotopic (exact) mass is 303 g/mol. The number of ether oxygens (including phenoxy) is 1. The highest BCUT2D eigenvalue weighted by molar-refractivity contribution is 5.79. The standard InChI is InChI=1S/C14H20F3N3O/c1-10(2)20-13(18-3)19-8-9-21-12-6-4-11(5-7-12)14(15,16)17/h4-7,10H,8-9H2,1-3H3,(H2,18,19,20). The van der Waals surface area contributed by atoms with Gasteiger partial charge in [0.2, 0.25) is 0 Å². The SMILES string of the molecule is CN=C(NCCOc1ccc(C(F)(F)F)cc1)NC(C)C. The first-order chi connectivity index (χ1) is 9.82. The molecule has 0 radical (unpaired) electrons. The first-order valence-electron chi connectivity index (χ1n) is 6.60. The first kappa shape index (κ1) is 17.1. The van der Waals surface area contributed by atoms with E-state index in [9.17, 15) is 13.2 Å². The summed E-state index contributed by atoms with van der Waals surface area (Å²) in [7, 11) is 1.66. The molecule has 0 unspecified atom stereocenters. The normalized spacial score (nSPS) is 12.4. The molecule has 0 saturated heterocycles. The fraction of sp³-hybridized carbons (Fsp3) is 0.500. The fourth-order valence-electron chi connectivity index (χ4n) is 1.55. The molecule has 0 atom stereocenters. The van der Waals surface area contributed by atoms with E-state index >= 15 is 0 Å². The van der Waals surface area contributed by atoms with Gasteiger partial charge in [0, 0.05) is 13.1 Å². The van der Waals surface area contributed by atoms with Gasteiger partial charge in [-0.3, -0.25) is 4.99 Å². The number of rotatable bonds is 5. The Morgan fingerprint density at radius 3 is 2.33 bits per heavy atom. The molecule has 1 aromatic rings. The maximum atomic E-state index is 12.4. The van der Waals surface area contributed by atoms with Crippen molar-refractivity contribution in [2.24, 2.45) is 4.99 Å². The van der Waals surface area contributed by atoms with Gasteiger partial charge in [-0.25, -0.2) is 0 Å². The van der Waals surface area contributed by atoms with Gasteiger partial charge >= 0.3 is 6.18 Å². The minimum Gasteiger partial charge on any atom is -0.492 e. The van der Waals surface area contributed by atoms with Crippen LogP contribution in [-0.4, -0.2) is 32.2 Å². The van der Waals surface area contributed by atoms with Gasteiger partial charge in [-0.1, -0.05) is 0 Å². The predicted octanol–water partition coefficient (Wildman–Crippen LogP) is 2.66. The van der Waals surface area contributed by atoms with Crippen LogP contribution in [0.2, 0.25) is 0 Å². The minimum absolute atomic E-state index is 0.257. The van der Waals surface area contributed by atoms with Crippen LogP contribution in [0.1, 0.15) is 19.4 Å². The van der Waals surface area contributed by atoms with Crippen molar-refractivity contribution < 1.29 is 17.9 Å². The predicted molar refractivity (Wildman–Crippen MR) is 76.6 cm³/mol. The lowest BCUT2D eigenvalue weighted by Gasteiger charge is -2.14. The molecule has 7 heteroatoms.